The minimum Gasteiger partial charge on any atom is -0.346 e. The number of hydrogen-bond donors (Lipinski definition) is 1. The normalized spacial score (nSPS) is 11.3. The molecule has 0 aliphatic heterocycles. The van der Waals surface area contributed by atoms with E-state index in [0.717, 1.165) is 28.2 Å². The molecule has 0 aliphatic rings. The Kier molecular flexibility index (Phi) is 3.98. The molecule has 4 rings (SSSR count). The first kappa shape index (κ1) is 17.0. The maximum absolute atomic E-state index is 12.6. The fourth-order valence-corrected chi connectivity index (χ4v) is 2.94. The molecule has 1 amide bonds. The zero-order chi connectivity index (χ0) is 19.1. The van der Waals surface area contributed by atoms with Crippen LogP contribution in [0.1, 0.15) is 27.4 Å². The molecule has 1 N–H and O–H groups in total. The van der Waals surface area contributed by atoms with Crippen LogP contribution in [0, 0.1) is 13.8 Å². The second-order valence-electron chi connectivity index (χ2n) is 6.46. The molecule has 4 aromatic heterocycles. The summed E-state index contributed by atoms with van der Waals surface area (Å²) in [6, 6.07) is 3.55. The molecule has 0 aliphatic carbocycles. The van der Waals surface area contributed by atoms with E-state index in [-0.39, 0.29) is 5.91 Å². The second-order valence-corrected chi connectivity index (χ2v) is 6.46. The van der Waals surface area contributed by atoms with E-state index in [2.05, 4.69) is 25.6 Å². The van der Waals surface area contributed by atoms with Crippen molar-refractivity contribution in [2.24, 2.45) is 14.1 Å². The van der Waals surface area contributed by atoms with Crippen molar-refractivity contribution in [3.8, 4) is 11.3 Å². The van der Waals surface area contributed by atoms with Gasteiger partial charge in [0.05, 0.1) is 18.1 Å². The summed E-state index contributed by atoms with van der Waals surface area (Å²) in [5.74, 6) is -0.252. The predicted octanol–water partition coefficient (Wildman–Crippen LogP) is 1.41. The van der Waals surface area contributed by atoms with Gasteiger partial charge in [0.25, 0.3) is 5.91 Å². The Morgan fingerprint density at radius 3 is 2.52 bits per heavy atom. The Labute approximate surface area is 155 Å². The van der Waals surface area contributed by atoms with Crippen molar-refractivity contribution in [1.29, 1.82) is 0 Å². The van der Waals surface area contributed by atoms with Crippen LogP contribution < -0.4 is 5.32 Å². The smallest absolute Gasteiger partial charge is 0.272 e. The monoisotopic (exact) mass is 364 g/mol. The standard InChI is InChI=1S/C18H20N8O/c1-11-13(9-21-24(11)3)8-20-18(27)15-7-17-19-6-5-16(26(17)23-15)14-10-22-25(4)12(14)2/h5-7,9-10H,8H2,1-4H3,(H,20,27). The molecule has 138 valence electrons. The zero-order valence-electron chi connectivity index (χ0n) is 15.6. The van der Waals surface area contributed by atoms with Gasteiger partial charge >= 0.3 is 0 Å². The quantitative estimate of drug-likeness (QED) is 0.591. The highest BCUT2D eigenvalue weighted by molar-refractivity contribution is 5.93. The van der Waals surface area contributed by atoms with Gasteiger partial charge in [0.2, 0.25) is 0 Å². The number of nitrogens with one attached hydrogen (secondary N) is 1. The van der Waals surface area contributed by atoms with Crippen LogP contribution in [-0.4, -0.2) is 40.1 Å². The molecule has 9 heteroatoms. The van der Waals surface area contributed by atoms with Gasteiger partial charge in [0.15, 0.2) is 11.3 Å². The molecule has 0 aromatic carbocycles. The van der Waals surface area contributed by atoms with E-state index in [9.17, 15) is 4.79 Å². The second kappa shape index (κ2) is 6.35. The van der Waals surface area contributed by atoms with Gasteiger partial charge in [-0.05, 0) is 19.9 Å². The van der Waals surface area contributed by atoms with Crippen LogP contribution in [0.25, 0.3) is 16.9 Å². The molecule has 27 heavy (non-hydrogen) atoms. The van der Waals surface area contributed by atoms with Gasteiger partial charge < -0.3 is 5.32 Å². The minimum atomic E-state index is -0.252. The number of amides is 1. The van der Waals surface area contributed by atoms with E-state index in [4.69, 9.17) is 0 Å². The predicted molar refractivity (Wildman–Crippen MR) is 99.0 cm³/mol. The Morgan fingerprint density at radius 2 is 1.85 bits per heavy atom. The fourth-order valence-electron chi connectivity index (χ4n) is 2.94. The van der Waals surface area contributed by atoms with Gasteiger partial charge in [0, 0.05) is 55.4 Å². The summed E-state index contributed by atoms with van der Waals surface area (Å²) in [5, 5.41) is 15.8. The Bertz CT molecular complexity index is 1150. The van der Waals surface area contributed by atoms with Crippen molar-refractivity contribution in [3.05, 3.63) is 53.4 Å². The summed E-state index contributed by atoms with van der Waals surface area (Å²) in [6.07, 6.45) is 5.25. The maximum atomic E-state index is 12.6. The molecule has 0 radical (unpaired) electrons. The average Bonchev–Trinajstić information content (AvgIpc) is 3.33. The summed E-state index contributed by atoms with van der Waals surface area (Å²) >= 11 is 0. The first-order chi connectivity index (χ1) is 13.0. The largest absolute Gasteiger partial charge is 0.346 e. The number of hydrogen-bond acceptors (Lipinski definition) is 5. The number of carbonyl (C=O) groups excluding carboxylic acids is 1. The molecule has 0 bridgehead atoms. The van der Waals surface area contributed by atoms with Crippen LogP contribution in [0.15, 0.2) is 30.7 Å². The number of rotatable bonds is 4. The van der Waals surface area contributed by atoms with E-state index < -0.39 is 0 Å². The van der Waals surface area contributed by atoms with Crippen molar-refractivity contribution in [2.75, 3.05) is 0 Å². The lowest BCUT2D eigenvalue weighted by Crippen LogP contribution is -2.23. The van der Waals surface area contributed by atoms with Gasteiger partial charge in [-0.15, -0.1) is 0 Å². The molecule has 4 heterocycles. The number of aryl methyl sites for hydroxylation is 2. The molecule has 0 saturated heterocycles. The highest BCUT2D eigenvalue weighted by atomic mass is 16.1. The number of aromatic nitrogens is 7. The summed E-state index contributed by atoms with van der Waals surface area (Å²) < 4.78 is 5.25. The highest BCUT2D eigenvalue weighted by Crippen LogP contribution is 2.23. The Morgan fingerprint density at radius 1 is 1.11 bits per heavy atom. The molecular weight excluding hydrogens is 344 g/mol. The first-order valence-electron chi connectivity index (χ1n) is 8.55. The highest BCUT2D eigenvalue weighted by Gasteiger charge is 2.16. The van der Waals surface area contributed by atoms with E-state index in [1.165, 1.54) is 0 Å². The first-order valence-corrected chi connectivity index (χ1v) is 8.55. The van der Waals surface area contributed by atoms with Crippen LogP contribution >= 0.6 is 0 Å². The lowest BCUT2D eigenvalue weighted by Gasteiger charge is -2.04. The lowest BCUT2D eigenvalue weighted by atomic mass is 10.2. The lowest BCUT2D eigenvalue weighted by molar-refractivity contribution is 0.0945. The molecule has 9 nitrogen and oxygen atoms in total. The molecule has 0 spiro atoms. The van der Waals surface area contributed by atoms with Gasteiger partial charge in [0.1, 0.15) is 0 Å². The third-order valence-electron chi connectivity index (χ3n) is 4.88. The van der Waals surface area contributed by atoms with Gasteiger partial charge in [-0.25, -0.2) is 9.50 Å². The minimum absolute atomic E-state index is 0.252. The van der Waals surface area contributed by atoms with Crippen molar-refractivity contribution >= 4 is 11.6 Å². The van der Waals surface area contributed by atoms with E-state index in [1.807, 2.05) is 34.0 Å². The van der Waals surface area contributed by atoms with Crippen LogP contribution in [0.2, 0.25) is 0 Å². The van der Waals surface area contributed by atoms with E-state index in [1.54, 1.807) is 38.5 Å². The van der Waals surface area contributed by atoms with Crippen molar-refractivity contribution < 1.29 is 4.79 Å². The van der Waals surface area contributed by atoms with E-state index in [0.29, 0.717) is 17.9 Å². The van der Waals surface area contributed by atoms with Crippen molar-refractivity contribution in [2.45, 2.75) is 20.4 Å². The van der Waals surface area contributed by atoms with Crippen LogP contribution in [0.5, 0.6) is 0 Å². The molecule has 0 fully saturated rings. The summed E-state index contributed by atoms with van der Waals surface area (Å²) in [4.78, 5) is 16.9. The Hall–Kier alpha value is -3.49. The fraction of sp³-hybridized carbons (Fsp3) is 0.278. The van der Waals surface area contributed by atoms with Crippen LogP contribution in [0.3, 0.4) is 0 Å². The summed E-state index contributed by atoms with van der Waals surface area (Å²) in [7, 11) is 3.76. The van der Waals surface area contributed by atoms with Crippen LogP contribution in [0.4, 0.5) is 0 Å². The maximum Gasteiger partial charge on any atom is 0.272 e. The number of nitrogens with zero attached hydrogens (tertiary/aromatic N) is 7. The third-order valence-corrected chi connectivity index (χ3v) is 4.88. The zero-order valence-corrected chi connectivity index (χ0v) is 15.6. The number of carbonyl (C=O) groups is 1. The topological polar surface area (TPSA) is 94.9 Å². The van der Waals surface area contributed by atoms with Crippen molar-refractivity contribution in [3.63, 3.8) is 0 Å². The Balaban J connectivity index is 1.63. The molecule has 0 atom stereocenters. The summed E-state index contributed by atoms with van der Waals surface area (Å²) in [6.45, 7) is 4.35. The third kappa shape index (κ3) is 2.86. The molecule has 4 aromatic rings. The summed E-state index contributed by atoms with van der Waals surface area (Å²) in [5.41, 5.74) is 5.71. The van der Waals surface area contributed by atoms with Gasteiger partial charge in [-0.3, -0.25) is 14.2 Å². The SMILES string of the molecule is Cc1c(CNC(=O)c2cc3nccc(-c4cnn(C)c4C)n3n2)cnn1C. The molecule has 0 unspecified atom stereocenters. The van der Waals surface area contributed by atoms with Crippen molar-refractivity contribution in [1.82, 2.24) is 39.5 Å². The molecule has 0 saturated carbocycles. The average molecular weight is 364 g/mol. The van der Waals surface area contributed by atoms with Crippen LogP contribution in [-0.2, 0) is 20.6 Å². The van der Waals surface area contributed by atoms with E-state index >= 15 is 0 Å². The number of fused-ring (bicyclic) bond motifs is 1. The van der Waals surface area contributed by atoms with Gasteiger partial charge in [-0.1, -0.05) is 0 Å². The molecular formula is C18H20N8O. The van der Waals surface area contributed by atoms with Gasteiger partial charge in [-0.2, -0.15) is 15.3 Å².